The van der Waals surface area contributed by atoms with Crippen LogP contribution < -0.4 is 5.32 Å². The van der Waals surface area contributed by atoms with Gasteiger partial charge in [0.1, 0.15) is 17.2 Å². The summed E-state index contributed by atoms with van der Waals surface area (Å²) in [6.07, 6.45) is 6.32. The minimum absolute atomic E-state index is 0.445. The number of hydrogen-bond acceptors (Lipinski definition) is 3. The van der Waals surface area contributed by atoms with Crippen molar-refractivity contribution in [2.75, 3.05) is 6.54 Å². The van der Waals surface area contributed by atoms with Crippen LogP contribution in [0, 0.1) is 11.6 Å². The van der Waals surface area contributed by atoms with E-state index in [1.165, 1.54) is 25.3 Å². The van der Waals surface area contributed by atoms with Crippen molar-refractivity contribution in [3.63, 3.8) is 0 Å². The highest BCUT2D eigenvalue weighted by Gasteiger charge is 2.23. The van der Waals surface area contributed by atoms with Crippen LogP contribution in [-0.2, 0) is 9.53 Å². The Morgan fingerprint density at radius 2 is 1.96 bits per heavy atom. The van der Waals surface area contributed by atoms with E-state index in [2.05, 4.69) is 11.4 Å². The van der Waals surface area contributed by atoms with Gasteiger partial charge < -0.3 is 10.1 Å². The summed E-state index contributed by atoms with van der Waals surface area (Å²) in [6.45, 7) is 1.81. The van der Waals surface area contributed by atoms with Gasteiger partial charge in [-0.25, -0.2) is 13.6 Å². The first kappa shape index (κ1) is 18.1. The number of nitrogens with one attached hydrogen (secondary N) is 1. The van der Waals surface area contributed by atoms with E-state index in [9.17, 15) is 18.4 Å². The zero-order chi connectivity index (χ0) is 17.5. The van der Waals surface area contributed by atoms with Gasteiger partial charge in [0, 0.05) is 6.54 Å². The first-order chi connectivity index (χ1) is 11.5. The number of hydrogen-bond donors (Lipinski definition) is 1. The van der Waals surface area contributed by atoms with E-state index in [-0.39, 0.29) is 0 Å². The van der Waals surface area contributed by atoms with Gasteiger partial charge >= 0.3 is 5.97 Å². The molecular formula is C18H21F2NO3. The second-order valence-corrected chi connectivity index (χ2v) is 5.79. The third-order valence-corrected chi connectivity index (χ3v) is 3.95. The molecule has 1 amide bonds. The van der Waals surface area contributed by atoms with E-state index in [1.54, 1.807) is 0 Å². The van der Waals surface area contributed by atoms with Crippen molar-refractivity contribution >= 4 is 11.9 Å². The lowest BCUT2D eigenvalue weighted by Crippen LogP contribution is -2.36. The fraction of sp³-hybridized carbons (Fsp3) is 0.444. The van der Waals surface area contributed by atoms with Gasteiger partial charge in [-0.15, -0.1) is 0 Å². The second kappa shape index (κ2) is 8.57. The summed E-state index contributed by atoms with van der Waals surface area (Å²) in [7, 11) is 0. The fourth-order valence-electron chi connectivity index (χ4n) is 2.59. The Kier molecular flexibility index (Phi) is 6.46. The van der Waals surface area contributed by atoms with E-state index in [1.807, 2.05) is 0 Å². The Hall–Kier alpha value is -2.24. The Balaban J connectivity index is 1.82. The van der Waals surface area contributed by atoms with Gasteiger partial charge in [0.15, 0.2) is 6.10 Å². The highest BCUT2D eigenvalue weighted by atomic mass is 19.1. The van der Waals surface area contributed by atoms with Gasteiger partial charge in [-0.3, -0.25) is 4.79 Å². The average Bonchev–Trinajstić information content (AvgIpc) is 2.55. The minimum atomic E-state index is -1.19. The molecule has 6 heteroatoms. The number of esters is 1. The molecule has 0 unspecified atom stereocenters. The van der Waals surface area contributed by atoms with E-state index in [0.717, 1.165) is 37.5 Å². The summed E-state index contributed by atoms with van der Waals surface area (Å²) in [4.78, 5) is 23.8. The van der Waals surface area contributed by atoms with Crippen LogP contribution in [-0.4, -0.2) is 24.5 Å². The number of halogens is 2. The molecule has 24 heavy (non-hydrogen) atoms. The maximum Gasteiger partial charge on any atom is 0.344 e. The van der Waals surface area contributed by atoms with Gasteiger partial charge in [-0.1, -0.05) is 17.7 Å². The molecule has 1 aromatic rings. The maximum atomic E-state index is 13.5. The van der Waals surface area contributed by atoms with Crippen LogP contribution in [0.25, 0.3) is 0 Å². The average molecular weight is 337 g/mol. The lowest BCUT2D eigenvalue weighted by Gasteiger charge is -2.16. The normalized spacial score (nSPS) is 15.4. The largest absolute Gasteiger partial charge is 0.449 e. The third-order valence-electron chi connectivity index (χ3n) is 3.95. The standard InChI is InChI=1S/C18H21F2NO3/c1-12(17(22)21-11-10-13-6-3-2-4-7-13)24-18(23)16-14(19)8-5-9-15(16)20/h5-6,8-9,12H,2-4,7,10-11H2,1H3,(H,21,22)/t12-/m1/s1. The van der Waals surface area contributed by atoms with Crippen LogP contribution in [0.4, 0.5) is 8.78 Å². The fourth-order valence-corrected chi connectivity index (χ4v) is 2.59. The van der Waals surface area contributed by atoms with Crippen LogP contribution in [0.3, 0.4) is 0 Å². The van der Waals surface area contributed by atoms with Gasteiger partial charge in [0.2, 0.25) is 0 Å². The number of ether oxygens (including phenoxy) is 1. The van der Waals surface area contributed by atoms with Gasteiger partial charge in [0.05, 0.1) is 0 Å². The summed E-state index contributed by atoms with van der Waals surface area (Å²) in [6, 6.07) is 3.07. The highest BCUT2D eigenvalue weighted by Crippen LogP contribution is 2.19. The number of carbonyl (C=O) groups is 2. The highest BCUT2D eigenvalue weighted by molar-refractivity contribution is 5.92. The lowest BCUT2D eigenvalue weighted by molar-refractivity contribution is -0.129. The quantitative estimate of drug-likeness (QED) is 0.638. The monoisotopic (exact) mass is 337 g/mol. The predicted octanol–water partition coefficient (Wildman–Crippen LogP) is 3.52. The second-order valence-electron chi connectivity index (χ2n) is 5.79. The first-order valence-corrected chi connectivity index (χ1v) is 8.09. The summed E-state index contributed by atoms with van der Waals surface area (Å²) < 4.78 is 31.9. The Labute approximate surface area is 139 Å². The van der Waals surface area contributed by atoms with Crippen LogP contribution in [0.2, 0.25) is 0 Å². The predicted molar refractivity (Wildman–Crippen MR) is 85.4 cm³/mol. The zero-order valence-corrected chi connectivity index (χ0v) is 13.6. The molecule has 0 saturated heterocycles. The molecular weight excluding hydrogens is 316 g/mol. The third kappa shape index (κ3) is 4.88. The molecule has 4 nitrogen and oxygen atoms in total. The van der Waals surface area contributed by atoms with Crippen molar-refractivity contribution in [3.8, 4) is 0 Å². The number of carbonyl (C=O) groups excluding carboxylic acids is 2. The number of benzene rings is 1. The Morgan fingerprint density at radius 3 is 2.58 bits per heavy atom. The van der Waals surface area contributed by atoms with Gasteiger partial charge in [-0.05, 0) is 51.2 Å². The van der Waals surface area contributed by atoms with Crippen molar-refractivity contribution in [2.24, 2.45) is 0 Å². The topological polar surface area (TPSA) is 55.4 Å². The van der Waals surface area contributed by atoms with E-state index in [0.29, 0.717) is 6.54 Å². The van der Waals surface area contributed by atoms with Gasteiger partial charge in [-0.2, -0.15) is 0 Å². The molecule has 0 radical (unpaired) electrons. The van der Waals surface area contributed by atoms with Crippen molar-refractivity contribution in [1.29, 1.82) is 0 Å². The number of allylic oxidation sites excluding steroid dienone is 1. The maximum absolute atomic E-state index is 13.5. The zero-order valence-electron chi connectivity index (χ0n) is 13.6. The molecule has 130 valence electrons. The minimum Gasteiger partial charge on any atom is -0.449 e. The van der Waals surface area contributed by atoms with Crippen molar-refractivity contribution < 1.29 is 23.1 Å². The molecule has 0 fully saturated rings. The summed E-state index contributed by atoms with van der Waals surface area (Å²) in [5.41, 5.74) is 0.532. The lowest BCUT2D eigenvalue weighted by atomic mass is 9.97. The van der Waals surface area contributed by atoms with E-state index < -0.39 is 35.2 Å². The molecule has 0 heterocycles. The molecule has 1 aromatic carbocycles. The molecule has 2 rings (SSSR count). The van der Waals surface area contributed by atoms with E-state index in [4.69, 9.17) is 4.74 Å². The molecule has 1 N–H and O–H groups in total. The summed E-state index contributed by atoms with van der Waals surface area (Å²) >= 11 is 0. The number of amides is 1. The molecule has 0 aromatic heterocycles. The van der Waals surface area contributed by atoms with Crippen molar-refractivity contribution in [1.82, 2.24) is 5.32 Å². The first-order valence-electron chi connectivity index (χ1n) is 8.09. The molecule has 1 atom stereocenters. The summed E-state index contributed by atoms with van der Waals surface area (Å²) in [5, 5.41) is 2.67. The van der Waals surface area contributed by atoms with Crippen molar-refractivity contribution in [2.45, 2.75) is 45.1 Å². The Morgan fingerprint density at radius 1 is 1.25 bits per heavy atom. The SMILES string of the molecule is C[C@@H](OC(=O)c1c(F)cccc1F)C(=O)NCCC1=CCCCC1. The van der Waals surface area contributed by atoms with Crippen LogP contribution in [0.5, 0.6) is 0 Å². The van der Waals surface area contributed by atoms with Crippen LogP contribution in [0.15, 0.2) is 29.8 Å². The van der Waals surface area contributed by atoms with Crippen LogP contribution in [0.1, 0.15) is 49.4 Å². The Bertz CT molecular complexity index is 623. The molecule has 0 saturated carbocycles. The molecule has 0 bridgehead atoms. The van der Waals surface area contributed by atoms with Crippen LogP contribution >= 0.6 is 0 Å². The molecule has 1 aliphatic rings. The molecule has 0 spiro atoms. The molecule has 0 aliphatic heterocycles. The number of rotatable bonds is 6. The molecule has 1 aliphatic carbocycles. The summed E-state index contributed by atoms with van der Waals surface area (Å²) in [5.74, 6) is -3.71. The van der Waals surface area contributed by atoms with Crippen molar-refractivity contribution in [3.05, 3.63) is 47.0 Å². The smallest absolute Gasteiger partial charge is 0.344 e. The van der Waals surface area contributed by atoms with Gasteiger partial charge in [0.25, 0.3) is 5.91 Å². The van der Waals surface area contributed by atoms with E-state index >= 15 is 0 Å².